The third kappa shape index (κ3) is 1.80. The molecule has 58 valence electrons. The lowest BCUT2D eigenvalue weighted by atomic mass is 10.4. The van der Waals surface area contributed by atoms with E-state index in [4.69, 9.17) is 0 Å². The van der Waals surface area contributed by atoms with Crippen LogP contribution in [0.3, 0.4) is 0 Å². The van der Waals surface area contributed by atoms with Crippen LogP contribution in [-0.2, 0) is 0 Å². The summed E-state index contributed by atoms with van der Waals surface area (Å²) in [6.07, 6.45) is 5.85. The summed E-state index contributed by atoms with van der Waals surface area (Å²) in [7, 11) is 0. The Labute approximate surface area is 66.0 Å². The van der Waals surface area contributed by atoms with E-state index in [9.17, 15) is 0 Å². The van der Waals surface area contributed by atoms with Gasteiger partial charge in [0.15, 0.2) is 0 Å². The summed E-state index contributed by atoms with van der Waals surface area (Å²) in [6.45, 7) is 7.70. The molecule has 0 bridgehead atoms. The Morgan fingerprint density at radius 2 is 2.27 bits per heavy atom. The molecule has 2 heteroatoms. The molecule has 0 aliphatic heterocycles. The van der Waals surface area contributed by atoms with Crippen LogP contribution in [0.4, 0.5) is 0 Å². The summed E-state index contributed by atoms with van der Waals surface area (Å²) in [4.78, 5) is 7.25. The van der Waals surface area contributed by atoms with E-state index in [-0.39, 0.29) is 0 Å². The highest BCUT2D eigenvalue weighted by atomic mass is 14.9. The fourth-order valence-corrected chi connectivity index (χ4v) is 0.884. The largest absolute Gasteiger partial charge is 0.343 e. The van der Waals surface area contributed by atoms with Gasteiger partial charge in [-0.3, -0.25) is 0 Å². The number of nitrogens with one attached hydrogen (secondary N) is 1. The quantitative estimate of drug-likeness (QED) is 0.616. The SMILES string of the molecule is C=c1[nH]c(C)n/c1=C/C=C\C. The van der Waals surface area contributed by atoms with E-state index in [0.29, 0.717) is 0 Å². The Balaban J connectivity index is 3.23. The van der Waals surface area contributed by atoms with Crippen molar-refractivity contribution in [1.82, 2.24) is 9.97 Å². The van der Waals surface area contributed by atoms with Crippen molar-refractivity contribution in [1.29, 1.82) is 0 Å². The van der Waals surface area contributed by atoms with E-state index < -0.39 is 0 Å². The van der Waals surface area contributed by atoms with E-state index in [2.05, 4.69) is 16.5 Å². The lowest BCUT2D eigenvalue weighted by Gasteiger charge is -1.71. The number of allylic oxidation sites excluding steroid dienone is 2. The standard InChI is InChI=1S/C9H12N2/c1-4-5-6-9-7(2)10-8(3)11-9/h4-6H,2H2,1,3H3,(H,10,11)/b5-4-,9-6+. The van der Waals surface area contributed by atoms with Crippen LogP contribution in [0.15, 0.2) is 12.2 Å². The lowest BCUT2D eigenvalue weighted by molar-refractivity contribution is 1.13. The van der Waals surface area contributed by atoms with Crippen LogP contribution >= 0.6 is 0 Å². The van der Waals surface area contributed by atoms with Gasteiger partial charge in [-0.1, -0.05) is 18.7 Å². The molecule has 0 aromatic carbocycles. The Hall–Kier alpha value is -1.31. The third-order valence-electron chi connectivity index (χ3n) is 1.38. The summed E-state index contributed by atoms with van der Waals surface area (Å²) in [5.41, 5.74) is 0. The molecule has 11 heavy (non-hydrogen) atoms. The first-order valence-corrected chi connectivity index (χ1v) is 3.58. The van der Waals surface area contributed by atoms with E-state index in [0.717, 1.165) is 16.5 Å². The van der Waals surface area contributed by atoms with Crippen molar-refractivity contribution < 1.29 is 0 Å². The van der Waals surface area contributed by atoms with E-state index in [1.54, 1.807) is 0 Å². The summed E-state index contributed by atoms with van der Waals surface area (Å²) >= 11 is 0. The minimum Gasteiger partial charge on any atom is -0.343 e. The Morgan fingerprint density at radius 3 is 2.73 bits per heavy atom. The highest BCUT2D eigenvalue weighted by Gasteiger charge is 1.86. The molecule has 0 aliphatic rings. The number of imidazole rings is 1. The zero-order chi connectivity index (χ0) is 8.27. The molecule has 0 unspecified atom stereocenters. The molecule has 1 aromatic rings. The molecular formula is C9H12N2. The smallest absolute Gasteiger partial charge is 0.104 e. The monoisotopic (exact) mass is 148 g/mol. The Morgan fingerprint density at radius 1 is 1.55 bits per heavy atom. The second-order valence-electron chi connectivity index (χ2n) is 2.38. The second kappa shape index (κ2) is 3.19. The van der Waals surface area contributed by atoms with Gasteiger partial charge in [0, 0.05) is 0 Å². The van der Waals surface area contributed by atoms with Crippen molar-refractivity contribution in [3.8, 4) is 0 Å². The molecule has 0 aliphatic carbocycles. The number of hydrogen-bond acceptors (Lipinski definition) is 1. The fourth-order valence-electron chi connectivity index (χ4n) is 0.884. The van der Waals surface area contributed by atoms with Gasteiger partial charge < -0.3 is 4.98 Å². The second-order valence-corrected chi connectivity index (χ2v) is 2.38. The number of aromatic nitrogens is 2. The van der Waals surface area contributed by atoms with Gasteiger partial charge in [0.05, 0.1) is 10.7 Å². The van der Waals surface area contributed by atoms with Crippen molar-refractivity contribution in [2.24, 2.45) is 0 Å². The molecule has 0 amide bonds. The van der Waals surface area contributed by atoms with Crippen LogP contribution in [0.1, 0.15) is 12.7 Å². The predicted octanol–water partition coefficient (Wildman–Crippen LogP) is 0.485. The predicted molar refractivity (Wildman–Crippen MR) is 47.4 cm³/mol. The maximum atomic E-state index is 4.22. The summed E-state index contributed by atoms with van der Waals surface area (Å²) < 4.78 is 0. The zero-order valence-electron chi connectivity index (χ0n) is 6.89. The number of H-pyrrole nitrogens is 1. The first kappa shape index (κ1) is 7.79. The van der Waals surface area contributed by atoms with Crippen LogP contribution < -0.4 is 10.7 Å². The molecule has 1 aromatic heterocycles. The minimum atomic E-state index is 0.876. The Kier molecular flexibility index (Phi) is 2.26. The molecule has 1 heterocycles. The fraction of sp³-hybridized carbons (Fsp3) is 0.222. The van der Waals surface area contributed by atoms with Gasteiger partial charge in [-0.2, -0.15) is 0 Å². The molecular weight excluding hydrogens is 136 g/mol. The first-order valence-electron chi connectivity index (χ1n) is 3.58. The van der Waals surface area contributed by atoms with Crippen LogP contribution in [0.25, 0.3) is 12.7 Å². The third-order valence-corrected chi connectivity index (χ3v) is 1.38. The maximum Gasteiger partial charge on any atom is 0.104 e. The molecule has 2 nitrogen and oxygen atoms in total. The maximum absolute atomic E-state index is 4.22. The van der Waals surface area contributed by atoms with Crippen LogP contribution in [0.2, 0.25) is 0 Å². The number of rotatable bonds is 1. The highest BCUT2D eigenvalue weighted by molar-refractivity contribution is 5.34. The van der Waals surface area contributed by atoms with Crippen molar-refractivity contribution >= 4 is 12.7 Å². The van der Waals surface area contributed by atoms with Crippen LogP contribution in [0.5, 0.6) is 0 Å². The number of aromatic amines is 1. The molecule has 1 N–H and O–H groups in total. The van der Waals surface area contributed by atoms with Gasteiger partial charge in [-0.15, -0.1) is 0 Å². The average Bonchev–Trinajstić information content (AvgIpc) is 2.26. The summed E-state index contributed by atoms with van der Waals surface area (Å²) in [6, 6.07) is 0. The number of hydrogen-bond donors (Lipinski definition) is 1. The molecule has 0 saturated heterocycles. The number of nitrogens with zero attached hydrogens (tertiary/aromatic N) is 1. The summed E-state index contributed by atoms with van der Waals surface area (Å²) in [5, 5.41) is 1.79. The van der Waals surface area contributed by atoms with Gasteiger partial charge in [0.2, 0.25) is 0 Å². The minimum absolute atomic E-state index is 0.876. The topological polar surface area (TPSA) is 28.7 Å². The molecule has 0 spiro atoms. The van der Waals surface area contributed by atoms with E-state index in [1.807, 2.05) is 32.1 Å². The lowest BCUT2D eigenvalue weighted by Crippen LogP contribution is -2.21. The van der Waals surface area contributed by atoms with E-state index in [1.165, 1.54) is 0 Å². The zero-order valence-corrected chi connectivity index (χ0v) is 6.89. The van der Waals surface area contributed by atoms with Gasteiger partial charge in [0.1, 0.15) is 5.82 Å². The molecule has 0 saturated carbocycles. The normalized spacial score (nSPS) is 13.1. The van der Waals surface area contributed by atoms with Gasteiger partial charge in [-0.25, -0.2) is 4.98 Å². The van der Waals surface area contributed by atoms with Gasteiger partial charge in [0.25, 0.3) is 0 Å². The molecule has 1 rings (SSSR count). The molecule has 0 atom stereocenters. The van der Waals surface area contributed by atoms with Crippen molar-refractivity contribution in [3.05, 3.63) is 28.7 Å². The molecule has 0 fully saturated rings. The van der Waals surface area contributed by atoms with Gasteiger partial charge >= 0.3 is 0 Å². The van der Waals surface area contributed by atoms with E-state index >= 15 is 0 Å². The van der Waals surface area contributed by atoms with Crippen LogP contribution in [0, 0.1) is 6.92 Å². The van der Waals surface area contributed by atoms with Crippen molar-refractivity contribution in [3.63, 3.8) is 0 Å². The van der Waals surface area contributed by atoms with Crippen molar-refractivity contribution in [2.45, 2.75) is 13.8 Å². The first-order chi connectivity index (χ1) is 5.24. The molecule has 0 radical (unpaired) electrons. The average molecular weight is 148 g/mol. The number of aryl methyl sites for hydroxylation is 1. The highest BCUT2D eigenvalue weighted by Crippen LogP contribution is 1.73. The van der Waals surface area contributed by atoms with Gasteiger partial charge in [-0.05, 0) is 19.9 Å². The van der Waals surface area contributed by atoms with Crippen molar-refractivity contribution in [2.75, 3.05) is 0 Å². The summed E-state index contributed by atoms with van der Waals surface area (Å²) in [5.74, 6) is 0.908. The Bertz CT molecular complexity index is 357. The van der Waals surface area contributed by atoms with Crippen LogP contribution in [-0.4, -0.2) is 9.97 Å².